The van der Waals surface area contributed by atoms with Crippen molar-refractivity contribution in [2.24, 2.45) is 10.8 Å². The van der Waals surface area contributed by atoms with Crippen molar-refractivity contribution in [1.29, 1.82) is 0 Å². The molecule has 0 bridgehead atoms. The Kier molecular flexibility index (Phi) is 5.59. The van der Waals surface area contributed by atoms with E-state index in [1.807, 2.05) is 48.9 Å². The van der Waals surface area contributed by atoms with Crippen LogP contribution in [0.25, 0.3) is 22.2 Å². The topological polar surface area (TPSA) is 98.3 Å². The lowest BCUT2D eigenvalue weighted by Gasteiger charge is -2.20. The van der Waals surface area contributed by atoms with Crippen molar-refractivity contribution < 1.29 is 4.39 Å². The van der Waals surface area contributed by atoms with Crippen LogP contribution in [-0.4, -0.2) is 21.3 Å². The SMILES string of the molecule is C=NN(/C=C(\N)C(C)n1cc(-c2ccc(C)cc2)c2c(N)ncnc21)c1ccccc1F. The minimum absolute atomic E-state index is 0.252. The summed E-state index contributed by atoms with van der Waals surface area (Å²) in [5, 5.41) is 5.97. The molecule has 0 fully saturated rings. The minimum Gasteiger partial charge on any atom is -0.399 e. The van der Waals surface area contributed by atoms with Gasteiger partial charge in [-0.05, 0) is 31.5 Å². The molecule has 2 heterocycles. The number of fused-ring (bicyclic) bond motifs is 1. The van der Waals surface area contributed by atoms with Gasteiger partial charge in [-0.3, -0.25) is 0 Å². The van der Waals surface area contributed by atoms with Crippen molar-refractivity contribution in [3.05, 3.63) is 84.3 Å². The standard InChI is InChI=1S/C24H24FN7/c1-15-8-10-17(11-9-15)18-12-31(24-22(18)23(27)29-14-30-24)16(2)20(26)13-32(28-3)21-7-5-4-6-19(21)25/h4-14,16H,3,26H2,1-2H3,(H2,27,29,30)/b20-13-. The first-order valence-corrected chi connectivity index (χ1v) is 10.1. The highest BCUT2D eigenvalue weighted by molar-refractivity contribution is 6.00. The monoisotopic (exact) mass is 429 g/mol. The summed E-state index contributed by atoms with van der Waals surface area (Å²) >= 11 is 0. The number of benzene rings is 2. The minimum atomic E-state index is -0.426. The molecule has 1 unspecified atom stereocenters. The fourth-order valence-corrected chi connectivity index (χ4v) is 3.59. The molecule has 162 valence electrons. The maximum Gasteiger partial charge on any atom is 0.148 e. The Hall–Kier alpha value is -4.20. The van der Waals surface area contributed by atoms with Crippen LogP contribution < -0.4 is 16.5 Å². The first-order valence-electron chi connectivity index (χ1n) is 10.1. The van der Waals surface area contributed by atoms with E-state index in [9.17, 15) is 4.39 Å². The summed E-state index contributed by atoms with van der Waals surface area (Å²) in [6.07, 6.45) is 4.94. The third-order valence-corrected chi connectivity index (χ3v) is 5.42. The van der Waals surface area contributed by atoms with Crippen LogP contribution >= 0.6 is 0 Å². The summed E-state index contributed by atoms with van der Waals surface area (Å²) < 4.78 is 16.2. The summed E-state index contributed by atoms with van der Waals surface area (Å²) in [6, 6.07) is 14.1. The Balaban J connectivity index is 1.80. The predicted octanol–water partition coefficient (Wildman–Crippen LogP) is 4.61. The zero-order valence-corrected chi connectivity index (χ0v) is 17.9. The summed E-state index contributed by atoms with van der Waals surface area (Å²) in [5.74, 6) is -0.0370. The van der Waals surface area contributed by atoms with E-state index >= 15 is 0 Å². The van der Waals surface area contributed by atoms with E-state index in [0.29, 0.717) is 17.2 Å². The molecule has 0 aliphatic carbocycles. The summed E-state index contributed by atoms with van der Waals surface area (Å²) in [6.45, 7) is 7.50. The van der Waals surface area contributed by atoms with Crippen LogP contribution in [0.4, 0.5) is 15.9 Å². The number of nitrogens with two attached hydrogens (primary N) is 2. The molecule has 0 aliphatic rings. The number of aromatic nitrogens is 3. The number of hydrazone groups is 1. The van der Waals surface area contributed by atoms with Crippen LogP contribution in [0.1, 0.15) is 18.5 Å². The maximum atomic E-state index is 14.2. The molecule has 1 atom stereocenters. The molecular weight excluding hydrogens is 405 g/mol. The molecule has 4 N–H and O–H groups in total. The first-order chi connectivity index (χ1) is 15.4. The number of aryl methyl sites for hydroxylation is 1. The average Bonchev–Trinajstić information content (AvgIpc) is 3.19. The lowest BCUT2D eigenvalue weighted by Crippen LogP contribution is -2.19. The van der Waals surface area contributed by atoms with Gasteiger partial charge in [0.05, 0.1) is 17.6 Å². The summed E-state index contributed by atoms with van der Waals surface area (Å²) in [4.78, 5) is 8.63. The van der Waals surface area contributed by atoms with E-state index in [1.165, 1.54) is 17.4 Å². The largest absolute Gasteiger partial charge is 0.399 e. The van der Waals surface area contributed by atoms with E-state index in [2.05, 4.69) is 21.8 Å². The molecule has 2 aromatic heterocycles. The van der Waals surface area contributed by atoms with Gasteiger partial charge in [0.2, 0.25) is 0 Å². The molecule has 4 aromatic rings. The van der Waals surface area contributed by atoms with Gasteiger partial charge < -0.3 is 16.0 Å². The van der Waals surface area contributed by atoms with Gasteiger partial charge >= 0.3 is 0 Å². The number of allylic oxidation sites excluding steroid dienone is 1. The zero-order chi connectivity index (χ0) is 22.8. The van der Waals surface area contributed by atoms with Crippen LogP contribution in [0.15, 0.2) is 78.1 Å². The molecule has 7 nitrogen and oxygen atoms in total. The molecule has 0 spiro atoms. The second-order valence-electron chi connectivity index (χ2n) is 7.52. The Morgan fingerprint density at radius 2 is 1.91 bits per heavy atom. The van der Waals surface area contributed by atoms with Gasteiger partial charge in [0.15, 0.2) is 0 Å². The molecule has 2 aromatic carbocycles. The summed E-state index contributed by atoms with van der Waals surface area (Å²) in [7, 11) is 0. The van der Waals surface area contributed by atoms with E-state index < -0.39 is 5.82 Å². The van der Waals surface area contributed by atoms with Crippen molar-refractivity contribution in [3.63, 3.8) is 0 Å². The lowest BCUT2D eigenvalue weighted by molar-refractivity contribution is 0.620. The smallest absolute Gasteiger partial charge is 0.148 e. The molecule has 0 aliphatic heterocycles. The van der Waals surface area contributed by atoms with Crippen molar-refractivity contribution in [3.8, 4) is 11.1 Å². The van der Waals surface area contributed by atoms with Gasteiger partial charge in [0.1, 0.15) is 29.3 Å². The Morgan fingerprint density at radius 3 is 2.59 bits per heavy atom. The predicted molar refractivity (Wildman–Crippen MR) is 128 cm³/mol. The normalized spacial score (nSPS) is 12.7. The Labute approximate surface area is 185 Å². The number of nitrogen functional groups attached to an aromatic ring is 1. The van der Waals surface area contributed by atoms with E-state index in [4.69, 9.17) is 11.5 Å². The lowest BCUT2D eigenvalue weighted by atomic mass is 10.0. The third kappa shape index (κ3) is 3.78. The number of nitrogens with zero attached hydrogens (tertiary/aromatic N) is 5. The van der Waals surface area contributed by atoms with E-state index in [-0.39, 0.29) is 11.7 Å². The van der Waals surface area contributed by atoms with Gasteiger partial charge in [-0.15, -0.1) is 0 Å². The fourth-order valence-electron chi connectivity index (χ4n) is 3.59. The molecule has 4 rings (SSSR count). The highest BCUT2D eigenvalue weighted by atomic mass is 19.1. The number of para-hydroxylation sites is 1. The Morgan fingerprint density at radius 1 is 1.19 bits per heavy atom. The summed E-state index contributed by atoms with van der Waals surface area (Å²) in [5.41, 5.74) is 17.1. The second-order valence-corrected chi connectivity index (χ2v) is 7.52. The number of halogens is 1. The highest BCUT2D eigenvalue weighted by Gasteiger charge is 2.20. The van der Waals surface area contributed by atoms with Crippen molar-refractivity contribution in [2.75, 3.05) is 10.7 Å². The Bertz CT molecular complexity index is 1310. The average molecular weight is 430 g/mol. The number of rotatable bonds is 6. The third-order valence-electron chi connectivity index (χ3n) is 5.42. The van der Waals surface area contributed by atoms with Crippen LogP contribution in [0.2, 0.25) is 0 Å². The van der Waals surface area contributed by atoms with E-state index in [1.54, 1.807) is 24.4 Å². The van der Waals surface area contributed by atoms with Gasteiger partial charge in [-0.2, -0.15) is 5.10 Å². The highest BCUT2D eigenvalue weighted by Crippen LogP contribution is 2.35. The molecule has 0 saturated carbocycles. The van der Waals surface area contributed by atoms with Crippen LogP contribution in [0.5, 0.6) is 0 Å². The van der Waals surface area contributed by atoms with Crippen molar-refractivity contribution >= 4 is 29.3 Å². The van der Waals surface area contributed by atoms with Crippen LogP contribution in [0, 0.1) is 12.7 Å². The fraction of sp³-hybridized carbons (Fsp3) is 0.125. The van der Waals surface area contributed by atoms with Gasteiger partial charge in [0.25, 0.3) is 0 Å². The van der Waals surface area contributed by atoms with Crippen molar-refractivity contribution in [1.82, 2.24) is 14.5 Å². The molecular formula is C24H24FN7. The molecule has 0 amide bonds. The maximum absolute atomic E-state index is 14.2. The zero-order valence-electron chi connectivity index (χ0n) is 17.9. The van der Waals surface area contributed by atoms with E-state index in [0.717, 1.165) is 22.1 Å². The molecule has 32 heavy (non-hydrogen) atoms. The van der Waals surface area contributed by atoms with Gasteiger partial charge in [-0.1, -0.05) is 42.0 Å². The molecule has 8 heteroatoms. The van der Waals surface area contributed by atoms with Crippen molar-refractivity contribution in [2.45, 2.75) is 19.9 Å². The van der Waals surface area contributed by atoms with Gasteiger partial charge in [0, 0.05) is 24.2 Å². The number of hydrogen-bond donors (Lipinski definition) is 2. The first kappa shape index (κ1) is 21.0. The van der Waals surface area contributed by atoms with Crippen LogP contribution in [0.3, 0.4) is 0 Å². The molecule has 0 saturated heterocycles. The number of anilines is 2. The van der Waals surface area contributed by atoms with Gasteiger partial charge in [-0.25, -0.2) is 19.4 Å². The molecule has 0 radical (unpaired) electrons. The second kappa shape index (κ2) is 8.50. The number of hydrogen-bond acceptors (Lipinski definition) is 6. The van der Waals surface area contributed by atoms with Crippen LogP contribution in [-0.2, 0) is 0 Å². The quantitative estimate of drug-likeness (QED) is 0.344.